The molecular formula is C32H48O4. The highest BCUT2D eigenvalue weighted by Gasteiger charge is 2.69. The Morgan fingerprint density at radius 3 is 2.06 bits per heavy atom. The van der Waals surface area contributed by atoms with Crippen molar-refractivity contribution in [2.75, 3.05) is 0 Å². The van der Waals surface area contributed by atoms with Gasteiger partial charge >= 0.3 is 5.97 Å². The van der Waals surface area contributed by atoms with Gasteiger partial charge in [-0.1, -0.05) is 55.4 Å². The molecule has 4 fully saturated rings. The summed E-state index contributed by atoms with van der Waals surface area (Å²) in [6.07, 6.45) is 8.36. The molecule has 0 N–H and O–H groups in total. The number of carbonyl (C=O) groups excluding carboxylic acids is 3. The van der Waals surface area contributed by atoms with E-state index in [9.17, 15) is 14.4 Å². The van der Waals surface area contributed by atoms with Gasteiger partial charge in [0.1, 0.15) is 6.10 Å². The fourth-order valence-electron chi connectivity index (χ4n) is 10.4. The van der Waals surface area contributed by atoms with Gasteiger partial charge in [-0.3, -0.25) is 14.4 Å². The summed E-state index contributed by atoms with van der Waals surface area (Å²) in [5.41, 5.74) is 0.867. The summed E-state index contributed by atoms with van der Waals surface area (Å²) < 4.78 is 5.84. The van der Waals surface area contributed by atoms with Gasteiger partial charge < -0.3 is 4.74 Å². The van der Waals surface area contributed by atoms with E-state index in [2.05, 4.69) is 55.4 Å². The zero-order chi connectivity index (χ0) is 26.7. The summed E-state index contributed by atoms with van der Waals surface area (Å²) in [4.78, 5) is 40.1. The number of hydrogen-bond donors (Lipinski definition) is 0. The molecule has 0 saturated heterocycles. The first-order chi connectivity index (χ1) is 16.4. The monoisotopic (exact) mass is 496 g/mol. The van der Waals surface area contributed by atoms with Crippen molar-refractivity contribution in [3.63, 3.8) is 0 Å². The highest BCUT2D eigenvalue weighted by Crippen LogP contribution is 2.74. The molecule has 7 unspecified atom stereocenters. The molecule has 0 bridgehead atoms. The van der Waals surface area contributed by atoms with E-state index < -0.39 is 0 Å². The van der Waals surface area contributed by atoms with E-state index in [1.807, 2.05) is 0 Å². The number of carbonyl (C=O) groups is 3. The van der Waals surface area contributed by atoms with Gasteiger partial charge in [0.2, 0.25) is 0 Å². The summed E-state index contributed by atoms with van der Waals surface area (Å²) in [7, 11) is 0. The number of esters is 1. The molecule has 0 radical (unpaired) electrons. The van der Waals surface area contributed by atoms with Crippen molar-refractivity contribution in [2.45, 2.75) is 126 Å². The van der Waals surface area contributed by atoms with Crippen LogP contribution in [0.25, 0.3) is 0 Å². The third-order valence-corrected chi connectivity index (χ3v) is 12.9. The third kappa shape index (κ3) is 3.14. The lowest BCUT2D eigenvalue weighted by Crippen LogP contribution is -2.66. The van der Waals surface area contributed by atoms with E-state index in [1.165, 1.54) is 6.92 Å². The van der Waals surface area contributed by atoms with Crippen molar-refractivity contribution < 1.29 is 19.1 Å². The van der Waals surface area contributed by atoms with E-state index in [1.54, 1.807) is 0 Å². The Labute approximate surface area is 218 Å². The van der Waals surface area contributed by atoms with Crippen LogP contribution < -0.4 is 0 Å². The van der Waals surface area contributed by atoms with Crippen LogP contribution in [0.3, 0.4) is 0 Å². The number of ether oxygens (including phenoxy) is 1. The molecule has 5 aliphatic rings. The van der Waals surface area contributed by atoms with Crippen molar-refractivity contribution in [3.8, 4) is 0 Å². The van der Waals surface area contributed by atoms with Crippen molar-refractivity contribution in [2.24, 2.45) is 44.3 Å². The summed E-state index contributed by atoms with van der Waals surface area (Å²) >= 11 is 0. The van der Waals surface area contributed by atoms with Crippen molar-refractivity contribution in [1.82, 2.24) is 0 Å². The van der Waals surface area contributed by atoms with Crippen molar-refractivity contribution >= 4 is 17.5 Å². The molecule has 0 heterocycles. The molecule has 4 saturated carbocycles. The van der Waals surface area contributed by atoms with Crippen LogP contribution in [0.2, 0.25) is 0 Å². The van der Waals surface area contributed by atoms with E-state index in [4.69, 9.17) is 4.74 Å². The smallest absolute Gasteiger partial charge is 0.302 e. The molecule has 0 aromatic heterocycles. The predicted molar refractivity (Wildman–Crippen MR) is 141 cm³/mol. The lowest BCUT2D eigenvalue weighted by molar-refractivity contribution is -0.212. The van der Waals surface area contributed by atoms with Crippen LogP contribution >= 0.6 is 0 Å². The molecule has 0 aliphatic heterocycles. The minimum atomic E-state index is -0.388. The normalized spacial score (nSPS) is 47.3. The van der Waals surface area contributed by atoms with Gasteiger partial charge in [0.25, 0.3) is 0 Å². The first kappa shape index (κ1) is 26.2. The van der Waals surface area contributed by atoms with Gasteiger partial charge in [-0.2, -0.15) is 0 Å². The number of ketones is 2. The van der Waals surface area contributed by atoms with Crippen LogP contribution in [0.15, 0.2) is 11.1 Å². The molecule has 5 rings (SSSR count). The minimum Gasteiger partial charge on any atom is -0.462 e. The third-order valence-electron chi connectivity index (χ3n) is 12.9. The SMILES string of the molecule is CC(=O)OC1CCC2(C)C(CCC3(C)C2CC(=O)C2=C4C(=O)C(C)(C)CCC4(C)CCC23C)C1(C)C. The first-order valence-corrected chi connectivity index (χ1v) is 14.4. The first-order valence-electron chi connectivity index (χ1n) is 14.4. The largest absolute Gasteiger partial charge is 0.462 e. The highest BCUT2D eigenvalue weighted by molar-refractivity contribution is 6.11. The molecule has 0 aromatic rings. The van der Waals surface area contributed by atoms with Crippen molar-refractivity contribution in [3.05, 3.63) is 11.1 Å². The Kier molecular flexibility index (Phi) is 5.50. The molecular weight excluding hydrogens is 448 g/mol. The van der Waals surface area contributed by atoms with Gasteiger partial charge in [-0.25, -0.2) is 0 Å². The molecule has 7 atom stereocenters. The molecule has 0 spiro atoms. The lowest BCUT2D eigenvalue weighted by Gasteiger charge is -2.70. The second-order valence-electron chi connectivity index (χ2n) is 15.5. The summed E-state index contributed by atoms with van der Waals surface area (Å²) in [6, 6.07) is 0. The molecule has 4 nitrogen and oxygen atoms in total. The molecule has 200 valence electrons. The van der Waals surface area contributed by atoms with E-state index in [0.717, 1.165) is 62.5 Å². The Hall–Kier alpha value is -1.45. The standard InChI is InChI=1S/C32H48O4/c1-19(33)36-23-11-12-30(7)21(28(23,4)5)10-13-31(8)22(30)18-20(34)24-25-26(35)27(2,3)14-15-29(25,6)16-17-32(24,31)9/h21-23H,10-18H2,1-9H3. The second kappa shape index (κ2) is 7.56. The average Bonchev–Trinajstić information content (AvgIpc) is 2.76. The van der Waals surface area contributed by atoms with Crippen LogP contribution in [0.1, 0.15) is 120 Å². The van der Waals surface area contributed by atoms with Crippen LogP contribution in [0, 0.1) is 44.3 Å². The molecule has 0 amide bonds. The Bertz CT molecular complexity index is 1060. The van der Waals surface area contributed by atoms with Crippen LogP contribution in [0.4, 0.5) is 0 Å². The van der Waals surface area contributed by atoms with Crippen LogP contribution in [-0.2, 0) is 19.1 Å². The zero-order valence-corrected chi connectivity index (χ0v) is 24.2. The van der Waals surface area contributed by atoms with E-state index in [0.29, 0.717) is 12.3 Å². The van der Waals surface area contributed by atoms with Gasteiger partial charge in [0, 0.05) is 40.7 Å². The minimum absolute atomic E-state index is 0.0125. The van der Waals surface area contributed by atoms with Gasteiger partial charge in [-0.15, -0.1) is 0 Å². The summed E-state index contributed by atoms with van der Waals surface area (Å²) in [5.74, 6) is 0.957. The zero-order valence-electron chi connectivity index (χ0n) is 24.2. The van der Waals surface area contributed by atoms with Gasteiger partial charge in [0.15, 0.2) is 11.6 Å². The predicted octanol–water partition coefficient (Wildman–Crippen LogP) is 7.24. The Morgan fingerprint density at radius 1 is 0.778 bits per heavy atom. The lowest BCUT2D eigenvalue weighted by atomic mass is 9.34. The molecule has 36 heavy (non-hydrogen) atoms. The maximum absolute atomic E-state index is 14.3. The average molecular weight is 497 g/mol. The topological polar surface area (TPSA) is 60.4 Å². The Morgan fingerprint density at radius 2 is 1.42 bits per heavy atom. The number of hydrogen-bond acceptors (Lipinski definition) is 4. The highest BCUT2D eigenvalue weighted by atomic mass is 16.5. The molecule has 5 aliphatic carbocycles. The summed E-state index contributed by atoms with van der Waals surface area (Å²) in [5, 5.41) is 0. The molecule has 4 heteroatoms. The van der Waals surface area contributed by atoms with Gasteiger partial charge in [-0.05, 0) is 79.4 Å². The quantitative estimate of drug-likeness (QED) is 0.359. The maximum atomic E-state index is 14.3. The maximum Gasteiger partial charge on any atom is 0.302 e. The van der Waals surface area contributed by atoms with Crippen LogP contribution in [-0.4, -0.2) is 23.6 Å². The number of allylic oxidation sites excluding steroid dienone is 2. The summed E-state index contributed by atoms with van der Waals surface area (Å²) in [6.45, 7) is 19.7. The number of fused-ring (bicyclic) bond motifs is 6. The van der Waals surface area contributed by atoms with Gasteiger partial charge in [0.05, 0.1) is 0 Å². The van der Waals surface area contributed by atoms with Crippen molar-refractivity contribution in [1.29, 1.82) is 0 Å². The second-order valence-corrected chi connectivity index (χ2v) is 15.5. The van der Waals surface area contributed by atoms with E-state index in [-0.39, 0.29) is 62.0 Å². The molecule has 0 aromatic carbocycles. The number of Topliss-reactive ketones (excluding diaryl/α,β-unsaturated/α-hetero) is 2. The fraction of sp³-hybridized carbons (Fsp3) is 0.844. The number of rotatable bonds is 1. The Balaban J connectivity index is 1.62. The fourth-order valence-corrected chi connectivity index (χ4v) is 10.4. The van der Waals surface area contributed by atoms with Crippen LogP contribution in [0.5, 0.6) is 0 Å². The van der Waals surface area contributed by atoms with E-state index >= 15 is 0 Å².